The number of rotatable bonds is 3. The fraction of sp³-hybridized carbons (Fsp3) is 0.0667. The number of benzene rings is 1. The van der Waals surface area contributed by atoms with Crippen molar-refractivity contribution in [2.45, 2.75) is 0 Å². The summed E-state index contributed by atoms with van der Waals surface area (Å²) < 4.78 is 10.9. The Morgan fingerprint density at radius 2 is 1.68 bits per heavy atom. The van der Waals surface area contributed by atoms with Crippen molar-refractivity contribution in [1.82, 2.24) is 9.97 Å². The van der Waals surface area contributed by atoms with E-state index in [-0.39, 0.29) is 0 Å². The molecular formula is C15H12N2O2. The van der Waals surface area contributed by atoms with E-state index < -0.39 is 0 Å². The van der Waals surface area contributed by atoms with E-state index in [1.165, 1.54) is 0 Å². The molecule has 0 saturated carbocycles. The predicted octanol–water partition coefficient (Wildman–Crippen LogP) is 3.41. The first-order valence-electron chi connectivity index (χ1n) is 5.87. The highest BCUT2D eigenvalue weighted by atomic mass is 16.5. The minimum Gasteiger partial charge on any atom is -0.497 e. The molecule has 0 N–H and O–H groups in total. The van der Waals surface area contributed by atoms with Gasteiger partial charge >= 0.3 is 0 Å². The van der Waals surface area contributed by atoms with Gasteiger partial charge in [-0.2, -0.15) is 0 Å². The van der Waals surface area contributed by atoms with Crippen LogP contribution in [0, 0.1) is 0 Å². The largest absolute Gasteiger partial charge is 0.497 e. The van der Waals surface area contributed by atoms with Crippen molar-refractivity contribution in [1.29, 1.82) is 0 Å². The van der Waals surface area contributed by atoms with E-state index in [1.54, 1.807) is 25.7 Å². The summed E-state index contributed by atoms with van der Waals surface area (Å²) in [6.07, 6.45) is 5.15. The molecule has 0 radical (unpaired) electrons. The van der Waals surface area contributed by atoms with Crippen LogP contribution < -0.4 is 4.74 Å². The lowest BCUT2D eigenvalue weighted by molar-refractivity contribution is 0.415. The van der Waals surface area contributed by atoms with Crippen LogP contribution in [0.15, 0.2) is 59.4 Å². The van der Waals surface area contributed by atoms with Crippen molar-refractivity contribution < 1.29 is 9.15 Å². The Hall–Kier alpha value is -2.62. The van der Waals surface area contributed by atoms with E-state index in [2.05, 4.69) is 9.97 Å². The predicted molar refractivity (Wildman–Crippen MR) is 71.7 cm³/mol. The molecule has 2 heterocycles. The average Bonchev–Trinajstić information content (AvgIpc) is 2.98. The van der Waals surface area contributed by atoms with Gasteiger partial charge in [0.2, 0.25) is 5.89 Å². The second-order valence-electron chi connectivity index (χ2n) is 3.99. The van der Waals surface area contributed by atoms with Crippen LogP contribution in [0.3, 0.4) is 0 Å². The Morgan fingerprint density at radius 3 is 2.37 bits per heavy atom. The molecule has 4 heteroatoms. The van der Waals surface area contributed by atoms with Gasteiger partial charge in [-0.3, -0.25) is 4.98 Å². The Bertz CT molecular complexity index is 660. The molecule has 0 bridgehead atoms. The van der Waals surface area contributed by atoms with E-state index in [0.717, 1.165) is 22.6 Å². The number of hydrogen-bond donors (Lipinski definition) is 0. The zero-order valence-corrected chi connectivity index (χ0v) is 10.4. The topological polar surface area (TPSA) is 48.2 Å². The molecule has 4 nitrogen and oxygen atoms in total. The Balaban J connectivity index is 1.92. The number of nitrogens with zero attached hydrogens (tertiary/aromatic N) is 2. The van der Waals surface area contributed by atoms with Crippen LogP contribution in [0.4, 0.5) is 0 Å². The van der Waals surface area contributed by atoms with Crippen LogP contribution in [0.2, 0.25) is 0 Å². The third kappa shape index (κ3) is 2.33. The minimum atomic E-state index is 0.591. The number of oxazole rings is 1. The molecule has 94 valence electrons. The van der Waals surface area contributed by atoms with Gasteiger partial charge in [0.15, 0.2) is 5.76 Å². The van der Waals surface area contributed by atoms with E-state index in [9.17, 15) is 0 Å². The molecule has 0 amide bonds. The molecule has 0 spiro atoms. The zero-order chi connectivity index (χ0) is 13.1. The summed E-state index contributed by atoms with van der Waals surface area (Å²) >= 11 is 0. The maximum atomic E-state index is 5.75. The molecule has 1 aromatic carbocycles. The van der Waals surface area contributed by atoms with E-state index in [0.29, 0.717) is 5.89 Å². The van der Waals surface area contributed by atoms with Crippen LogP contribution in [0.5, 0.6) is 5.75 Å². The third-order valence-corrected chi connectivity index (χ3v) is 2.81. The molecule has 3 aromatic rings. The third-order valence-electron chi connectivity index (χ3n) is 2.81. The van der Waals surface area contributed by atoms with Crippen molar-refractivity contribution in [2.75, 3.05) is 7.11 Å². The summed E-state index contributed by atoms with van der Waals surface area (Å²) in [6, 6.07) is 11.4. The fourth-order valence-electron chi connectivity index (χ4n) is 1.79. The number of methoxy groups -OCH3 is 1. The summed E-state index contributed by atoms with van der Waals surface area (Å²) in [7, 11) is 1.64. The molecule has 2 aromatic heterocycles. The lowest BCUT2D eigenvalue weighted by Crippen LogP contribution is -1.81. The Morgan fingerprint density at radius 1 is 0.947 bits per heavy atom. The number of ether oxygens (including phenoxy) is 1. The van der Waals surface area contributed by atoms with Crippen molar-refractivity contribution in [3.63, 3.8) is 0 Å². The molecule has 0 fully saturated rings. The van der Waals surface area contributed by atoms with Gasteiger partial charge in [-0.05, 0) is 36.4 Å². The lowest BCUT2D eigenvalue weighted by atomic mass is 10.2. The fourth-order valence-corrected chi connectivity index (χ4v) is 1.79. The molecule has 0 unspecified atom stereocenters. The average molecular weight is 252 g/mol. The quantitative estimate of drug-likeness (QED) is 0.716. The van der Waals surface area contributed by atoms with E-state index in [4.69, 9.17) is 9.15 Å². The molecule has 0 saturated heterocycles. The molecule has 19 heavy (non-hydrogen) atoms. The first kappa shape index (κ1) is 11.5. The highest BCUT2D eigenvalue weighted by molar-refractivity contribution is 5.61. The molecule has 0 atom stereocenters. The molecule has 0 aliphatic rings. The molecule has 0 aliphatic heterocycles. The van der Waals surface area contributed by atoms with E-state index >= 15 is 0 Å². The van der Waals surface area contributed by atoms with Gasteiger partial charge in [-0.1, -0.05) is 0 Å². The lowest BCUT2D eigenvalue weighted by Gasteiger charge is -2.00. The number of hydrogen-bond acceptors (Lipinski definition) is 4. The summed E-state index contributed by atoms with van der Waals surface area (Å²) in [4.78, 5) is 8.25. The van der Waals surface area contributed by atoms with Gasteiger partial charge in [-0.15, -0.1) is 0 Å². The summed E-state index contributed by atoms with van der Waals surface area (Å²) in [6.45, 7) is 0. The highest BCUT2D eigenvalue weighted by Gasteiger charge is 2.08. The second kappa shape index (κ2) is 4.94. The minimum absolute atomic E-state index is 0.591. The van der Waals surface area contributed by atoms with Gasteiger partial charge in [0.25, 0.3) is 0 Å². The van der Waals surface area contributed by atoms with Gasteiger partial charge in [0, 0.05) is 23.5 Å². The smallest absolute Gasteiger partial charge is 0.226 e. The van der Waals surface area contributed by atoms with E-state index in [1.807, 2.05) is 36.4 Å². The first-order chi connectivity index (χ1) is 9.36. The van der Waals surface area contributed by atoms with Gasteiger partial charge < -0.3 is 9.15 Å². The van der Waals surface area contributed by atoms with Crippen LogP contribution >= 0.6 is 0 Å². The number of aromatic nitrogens is 2. The van der Waals surface area contributed by atoms with Gasteiger partial charge in [0.1, 0.15) is 5.75 Å². The van der Waals surface area contributed by atoms with Crippen molar-refractivity contribution in [2.24, 2.45) is 0 Å². The highest BCUT2D eigenvalue weighted by Crippen LogP contribution is 2.26. The van der Waals surface area contributed by atoms with Gasteiger partial charge in [-0.25, -0.2) is 4.98 Å². The zero-order valence-electron chi connectivity index (χ0n) is 10.4. The SMILES string of the molecule is COc1ccc(-c2cnc(-c3ccncc3)o2)cc1. The summed E-state index contributed by atoms with van der Waals surface area (Å²) in [5.74, 6) is 2.14. The standard InChI is InChI=1S/C15H12N2O2/c1-18-13-4-2-11(3-5-13)14-10-17-15(19-14)12-6-8-16-9-7-12/h2-10H,1H3. The van der Waals surface area contributed by atoms with Crippen molar-refractivity contribution in [3.05, 3.63) is 55.0 Å². The summed E-state index contributed by atoms with van der Waals surface area (Å²) in [5, 5.41) is 0. The van der Waals surface area contributed by atoms with Crippen LogP contribution in [0.25, 0.3) is 22.8 Å². The molecule has 0 aliphatic carbocycles. The van der Waals surface area contributed by atoms with Crippen molar-refractivity contribution in [3.8, 4) is 28.5 Å². The number of pyridine rings is 1. The Labute approximate surface area is 110 Å². The van der Waals surface area contributed by atoms with Crippen LogP contribution in [-0.2, 0) is 0 Å². The van der Waals surface area contributed by atoms with Crippen LogP contribution in [0.1, 0.15) is 0 Å². The van der Waals surface area contributed by atoms with Crippen LogP contribution in [-0.4, -0.2) is 17.1 Å². The van der Waals surface area contributed by atoms with Crippen molar-refractivity contribution >= 4 is 0 Å². The monoisotopic (exact) mass is 252 g/mol. The first-order valence-corrected chi connectivity index (χ1v) is 5.87. The normalized spacial score (nSPS) is 10.4. The second-order valence-corrected chi connectivity index (χ2v) is 3.99. The summed E-state index contributed by atoms with van der Waals surface area (Å²) in [5.41, 5.74) is 1.88. The Kier molecular flexibility index (Phi) is 2.98. The van der Waals surface area contributed by atoms with Gasteiger partial charge in [0.05, 0.1) is 13.3 Å². The maximum absolute atomic E-state index is 5.75. The molecule has 3 rings (SSSR count). The maximum Gasteiger partial charge on any atom is 0.226 e. The molecular weight excluding hydrogens is 240 g/mol.